The first kappa shape index (κ1) is 17.5. The Kier molecular flexibility index (Phi) is 4.08. The van der Waals surface area contributed by atoms with Crippen LogP contribution in [0.1, 0.15) is 46.3 Å². The Hall–Kier alpha value is -3.61. The predicted molar refractivity (Wildman–Crippen MR) is 106 cm³/mol. The highest BCUT2D eigenvalue weighted by atomic mass is 16.5. The Labute approximate surface area is 166 Å². The van der Waals surface area contributed by atoms with Crippen molar-refractivity contribution in [1.82, 2.24) is 9.78 Å². The minimum atomic E-state index is -1.13. The molecule has 146 valence electrons. The number of amides is 1. The summed E-state index contributed by atoms with van der Waals surface area (Å²) in [6.45, 7) is 0.166. The van der Waals surface area contributed by atoms with E-state index in [0.717, 1.165) is 35.1 Å². The van der Waals surface area contributed by atoms with Crippen LogP contribution < -0.4 is 5.32 Å². The molecule has 5 rings (SSSR count). The van der Waals surface area contributed by atoms with Crippen molar-refractivity contribution in [3.63, 3.8) is 0 Å². The van der Waals surface area contributed by atoms with Crippen LogP contribution in [0.3, 0.4) is 0 Å². The first-order chi connectivity index (χ1) is 14.1. The molecule has 7 heteroatoms. The molecular weight excluding hydrogens is 370 g/mol. The summed E-state index contributed by atoms with van der Waals surface area (Å²) >= 11 is 0. The molecule has 1 heterocycles. The molecule has 3 aromatic rings. The van der Waals surface area contributed by atoms with Crippen LogP contribution >= 0.6 is 0 Å². The summed E-state index contributed by atoms with van der Waals surface area (Å²) in [5, 5.41) is 16.1. The Bertz CT molecular complexity index is 1070. The number of carboxylic acid groups (broad SMARTS) is 1. The van der Waals surface area contributed by atoms with Crippen LogP contribution in [-0.4, -0.2) is 33.6 Å². The van der Waals surface area contributed by atoms with Crippen molar-refractivity contribution < 1.29 is 19.4 Å². The monoisotopic (exact) mass is 389 g/mol. The maximum Gasteiger partial charge on any atom is 0.412 e. The Morgan fingerprint density at radius 2 is 1.69 bits per heavy atom. The molecule has 1 amide bonds. The predicted octanol–water partition coefficient (Wildman–Crippen LogP) is 4.28. The number of benzene rings is 2. The molecule has 2 aliphatic rings. The van der Waals surface area contributed by atoms with Gasteiger partial charge in [0.05, 0.1) is 12.2 Å². The number of rotatable bonds is 5. The van der Waals surface area contributed by atoms with E-state index in [1.807, 2.05) is 36.4 Å². The molecule has 0 atom stereocenters. The Morgan fingerprint density at radius 1 is 1.07 bits per heavy atom. The fourth-order valence-electron chi connectivity index (χ4n) is 3.97. The van der Waals surface area contributed by atoms with Gasteiger partial charge in [-0.1, -0.05) is 48.5 Å². The second-order valence-corrected chi connectivity index (χ2v) is 7.34. The van der Waals surface area contributed by atoms with Crippen LogP contribution in [0.4, 0.5) is 10.6 Å². The Morgan fingerprint density at radius 3 is 2.28 bits per heavy atom. The summed E-state index contributed by atoms with van der Waals surface area (Å²) in [6.07, 6.45) is 2.41. The van der Waals surface area contributed by atoms with Crippen molar-refractivity contribution in [3.05, 3.63) is 71.4 Å². The van der Waals surface area contributed by atoms with Crippen molar-refractivity contribution in [3.8, 4) is 11.1 Å². The van der Waals surface area contributed by atoms with Crippen molar-refractivity contribution in [2.24, 2.45) is 0 Å². The number of ether oxygens (including phenoxy) is 1. The number of carbonyl (C=O) groups excluding carboxylic acids is 1. The topological polar surface area (TPSA) is 93.5 Å². The summed E-state index contributed by atoms with van der Waals surface area (Å²) in [5.74, 6) is -1.01. The molecule has 0 saturated heterocycles. The van der Waals surface area contributed by atoms with Gasteiger partial charge in [-0.2, -0.15) is 5.10 Å². The molecule has 2 aliphatic carbocycles. The summed E-state index contributed by atoms with van der Waals surface area (Å²) < 4.78 is 7.08. The third-order valence-corrected chi connectivity index (χ3v) is 5.48. The average Bonchev–Trinajstić information content (AvgIpc) is 3.40. The number of hydrogen-bond acceptors (Lipinski definition) is 4. The van der Waals surface area contributed by atoms with Gasteiger partial charge in [0, 0.05) is 5.92 Å². The summed E-state index contributed by atoms with van der Waals surface area (Å²) in [5.41, 5.74) is 4.51. The first-order valence-corrected chi connectivity index (χ1v) is 9.56. The lowest BCUT2D eigenvalue weighted by Gasteiger charge is -2.15. The fourth-order valence-corrected chi connectivity index (χ4v) is 3.97. The molecule has 29 heavy (non-hydrogen) atoms. The van der Waals surface area contributed by atoms with E-state index in [1.165, 1.54) is 6.20 Å². The van der Waals surface area contributed by atoms with E-state index in [-0.39, 0.29) is 29.9 Å². The van der Waals surface area contributed by atoms with Crippen LogP contribution in [0, 0.1) is 0 Å². The van der Waals surface area contributed by atoms with Crippen molar-refractivity contribution >= 4 is 17.9 Å². The van der Waals surface area contributed by atoms with Gasteiger partial charge in [-0.05, 0) is 35.1 Å². The van der Waals surface area contributed by atoms with Gasteiger partial charge in [0.25, 0.3) is 0 Å². The maximum absolute atomic E-state index is 12.5. The Balaban J connectivity index is 1.35. The molecule has 1 aromatic heterocycles. The van der Waals surface area contributed by atoms with Gasteiger partial charge in [-0.3, -0.25) is 5.32 Å². The van der Waals surface area contributed by atoms with E-state index in [4.69, 9.17) is 4.74 Å². The number of hydrogen-bond donors (Lipinski definition) is 2. The molecule has 0 radical (unpaired) electrons. The molecule has 0 bridgehead atoms. The van der Waals surface area contributed by atoms with Crippen LogP contribution in [0.25, 0.3) is 11.1 Å². The molecule has 0 spiro atoms. The number of carboxylic acids is 1. The second-order valence-electron chi connectivity index (χ2n) is 7.34. The van der Waals surface area contributed by atoms with E-state index >= 15 is 0 Å². The van der Waals surface area contributed by atoms with Gasteiger partial charge in [0.1, 0.15) is 18.0 Å². The zero-order chi connectivity index (χ0) is 20.0. The molecule has 0 unspecified atom stereocenters. The number of nitrogens with zero attached hydrogens (tertiary/aromatic N) is 2. The van der Waals surface area contributed by atoms with E-state index in [2.05, 4.69) is 22.5 Å². The summed E-state index contributed by atoms with van der Waals surface area (Å²) in [6, 6.07) is 16.3. The maximum atomic E-state index is 12.5. The standard InChI is InChI=1S/C22H19N3O4/c26-21(27)18-11-23-25(13-9-10-13)20(18)24-22(28)29-12-19-16-7-3-1-5-14(16)15-6-2-4-8-17(15)19/h1-8,11,13,19H,9-10,12H2,(H,24,28)(H,26,27). The average molecular weight is 389 g/mol. The van der Waals surface area contributed by atoms with Crippen LogP contribution in [0.15, 0.2) is 54.7 Å². The number of carbonyl (C=O) groups is 2. The van der Waals surface area contributed by atoms with E-state index in [0.29, 0.717) is 0 Å². The number of aromatic carboxylic acids is 1. The van der Waals surface area contributed by atoms with Gasteiger partial charge < -0.3 is 9.84 Å². The number of nitrogens with one attached hydrogen (secondary N) is 1. The third kappa shape index (κ3) is 3.04. The summed E-state index contributed by atoms with van der Waals surface area (Å²) in [7, 11) is 0. The van der Waals surface area contributed by atoms with Gasteiger partial charge in [-0.25, -0.2) is 14.3 Å². The van der Waals surface area contributed by atoms with Gasteiger partial charge in [0.15, 0.2) is 0 Å². The quantitative estimate of drug-likeness (QED) is 0.679. The van der Waals surface area contributed by atoms with Gasteiger partial charge in [-0.15, -0.1) is 0 Å². The SMILES string of the molecule is O=C(Nc1c(C(=O)O)cnn1C1CC1)OCC1c2ccccc2-c2ccccc21. The van der Waals surface area contributed by atoms with Crippen LogP contribution in [0.2, 0.25) is 0 Å². The largest absolute Gasteiger partial charge is 0.477 e. The zero-order valence-corrected chi connectivity index (χ0v) is 15.5. The number of anilines is 1. The minimum absolute atomic E-state index is 0.0367. The lowest BCUT2D eigenvalue weighted by Crippen LogP contribution is -2.21. The molecule has 1 saturated carbocycles. The van der Waals surface area contributed by atoms with E-state index in [9.17, 15) is 14.7 Å². The smallest absolute Gasteiger partial charge is 0.412 e. The third-order valence-electron chi connectivity index (χ3n) is 5.48. The van der Waals surface area contributed by atoms with Crippen LogP contribution in [-0.2, 0) is 4.74 Å². The minimum Gasteiger partial charge on any atom is -0.477 e. The molecule has 2 aromatic carbocycles. The molecule has 0 aliphatic heterocycles. The first-order valence-electron chi connectivity index (χ1n) is 9.56. The van der Waals surface area contributed by atoms with Crippen molar-refractivity contribution in [2.45, 2.75) is 24.8 Å². The lowest BCUT2D eigenvalue weighted by atomic mass is 9.98. The highest BCUT2D eigenvalue weighted by molar-refractivity contribution is 5.97. The zero-order valence-electron chi connectivity index (χ0n) is 15.5. The molecule has 2 N–H and O–H groups in total. The normalized spacial score (nSPS) is 14.9. The van der Waals surface area contributed by atoms with E-state index in [1.54, 1.807) is 4.68 Å². The highest BCUT2D eigenvalue weighted by Crippen LogP contribution is 2.44. The number of fused-ring (bicyclic) bond motifs is 3. The van der Waals surface area contributed by atoms with Gasteiger partial charge in [0.2, 0.25) is 0 Å². The van der Waals surface area contributed by atoms with E-state index < -0.39 is 12.1 Å². The van der Waals surface area contributed by atoms with Crippen molar-refractivity contribution in [1.29, 1.82) is 0 Å². The second kappa shape index (κ2) is 6.77. The molecular formula is C22H19N3O4. The lowest BCUT2D eigenvalue weighted by molar-refractivity contribution is 0.0698. The summed E-state index contributed by atoms with van der Waals surface area (Å²) in [4.78, 5) is 23.9. The van der Waals surface area contributed by atoms with Gasteiger partial charge >= 0.3 is 12.1 Å². The van der Waals surface area contributed by atoms with Crippen LogP contribution in [0.5, 0.6) is 0 Å². The fraction of sp³-hybridized carbons (Fsp3) is 0.227. The van der Waals surface area contributed by atoms with Crippen molar-refractivity contribution in [2.75, 3.05) is 11.9 Å². The number of aromatic nitrogens is 2. The molecule has 7 nitrogen and oxygen atoms in total. The highest BCUT2D eigenvalue weighted by Gasteiger charge is 2.32. The molecule has 1 fully saturated rings.